The fourth-order valence-corrected chi connectivity index (χ4v) is 3.13. The van der Waals surface area contributed by atoms with Gasteiger partial charge in [0, 0.05) is 22.5 Å². The van der Waals surface area contributed by atoms with Gasteiger partial charge in [-0.05, 0) is 53.2 Å². The van der Waals surface area contributed by atoms with Crippen molar-refractivity contribution in [3.05, 3.63) is 58.2 Å². The van der Waals surface area contributed by atoms with Crippen LogP contribution < -0.4 is 5.32 Å². The number of hydrogen-bond donors (Lipinski definition) is 1. The minimum absolute atomic E-state index is 0.344. The summed E-state index contributed by atoms with van der Waals surface area (Å²) in [5, 5.41) is 4.44. The van der Waals surface area contributed by atoms with Gasteiger partial charge in [-0.2, -0.15) is 0 Å². The number of nitrogens with one attached hydrogen (secondary N) is 1. The monoisotopic (exact) mass is 336 g/mol. The van der Waals surface area contributed by atoms with Crippen LogP contribution in [-0.4, -0.2) is 17.8 Å². The Morgan fingerprint density at radius 2 is 2.05 bits per heavy atom. The molecule has 0 fully saturated rings. The summed E-state index contributed by atoms with van der Waals surface area (Å²) in [5.41, 5.74) is 2.68. The maximum Gasteiger partial charge on any atom is 0.0961 e. The van der Waals surface area contributed by atoms with Gasteiger partial charge in [0.25, 0.3) is 0 Å². The highest BCUT2D eigenvalue weighted by molar-refractivity contribution is 9.10. The van der Waals surface area contributed by atoms with Crippen LogP contribution in [-0.2, 0) is 0 Å². The van der Waals surface area contributed by atoms with Crippen LogP contribution in [0.5, 0.6) is 0 Å². The van der Waals surface area contributed by atoms with Crippen molar-refractivity contribution in [3.63, 3.8) is 0 Å². The average molecular weight is 337 g/mol. The molecule has 1 heterocycles. The van der Waals surface area contributed by atoms with Gasteiger partial charge in [0.2, 0.25) is 0 Å². The van der Waals surface area contributed by atoms with Crippen molar-refractivity contribution in [2.45, 2.75) is 18.0 Å². The Balaban J connectivity index is 2.04. The molecule has 2 nitrogen and oxygen atoms in total. The fraction of sp³-hybridized carbons (Fsp3) is 0.267. The van der Waals surface area contributed by atoms with Crippen LogP contribution in [0.15, 0.2) is 52.1 Å². The Kier molecular flexibility index (Phi) is 5.43. The molecule has 19 heavy (non-hydrogen) atoms. The molecule has 0 aliphatic carbocycles. The average Bonchev–Trinajstić information content (AvgIpc) is 2.43. The highest BCUT2D eigenvalue weighted by atomic mass is 79.9. The lowest BCUT2D eigenvalue weighted by Gasteiger charge is -2.18. The zero-order valence-corrected chi connectivity index (χ0v) is 13.5. The van der Waals surface area contributed by atoms with Crippen molar-refractivity contribution in [1.82, 2.24) is 10.3 Å². The normalized spacial score (nSPS) is 12.4. The third-order valence-corrected chi connectivity index (χ3v) is 4.52. The number of halogens is 1. The lowest BCUT2D eigenvalue weighted by Crippen LogP contribution is -2.19. The van der Waals surface area contributed by atoms with Crippen LogP contribution in [0.3, 0.4) is 0 Å². The maximum absolute atomic E-state index is 4.39. The Morgan fingerprint density at radius 1 is 1.26 bits per heavy atom. The van der Waals surface area contributed by atoms with E-state index in [4.69, 9.17) is 0 Å². The minimum Gasteiger partial charge on any atom is -0.312 e. The second-order valence-electron chi connectivity index (χ2n) is 4.32. The molecule has 1 aromatic carbocycles. The molecule has 0 aliphatic heterocycles. The summed E-state index contributed by atoms with van der Waals surface area (Å²) in [4.78, 5) is 4.39. The zero-order chi connectivity index (χ0) is 13.7. The smallest absolute Gasteiger partial charge is 0.0961 e. The first kappa shape index (κ1) is 14.6. The Bertz CT molecular complexity index is 528. The maximum atomic E-state index is 4.39. The minimum atomic E-state index is 0.344. The molecule has 0 saturated heterocycles. The SMILES string of the molecule is CNC(CSc1ccc(Br)cn1)c1ccccc1C. The summed E-state index contributed by atoms with van der Waals surface area (Å²) >= 11 is 5.17. The predicted octanol–water partition coefficient (Wildman–Crippen LogP) is 4.21. The molecule has 2 rings (SSSR count). The van der Waals surface area contributed by atoms with Crippen LogP contribution in [0.2, 0.25) is 0 Å². The van der Waals surface area contributed by atoms with Gasteiger partial charge in [-0.3, -0.25) is 0 Å². The third-order valence-electron chi connectivity index (χ3n) is 3.01. The first-order valence-corrected chi connectivity index (χ1v) is 7.95. The number of aryl methyl sites for hydroxylation is 1. The highest BCUT2D eigenvalue weighted by Gasteiger charge is 2.12. The van der Waals surface area contributed by atoms with E-state index in [0.29, 0.717) is 6.04 Å². The molecular formula is C15H17BrN2S. The van der Waals surface area contributed by atoms with E-state index in [1.807, 2.05) is 25.4 Å². The molecular weight excluding hydrogens is 320 g/mol. The van der Waals surface area contributed by atoms with Gasteiger partial charge >= 0.3 is 0 Å². The number of nitrogens with zero attached hydrogens (tertiary/aromatic N) is 1. The van der Waals surface area contributed by atoms with Crippen molar-refractivity contribution in [2.75, 3.05) is 12.8 Å². The standard InChI is InChI=1S/C15H17BrN2S/c1-11-5-3-4-6-13(11)14(17-2)10-19-15-8-7-12(16)9-18-15/h3-9,14,17H,10H2,1-2H3. The van der Waals surface area contributed by atoms with E-state index in [1.165, 1.54) is 11.1 Å². The summed E-state index contributed by atoms with van der Waals surface area (Å²) in [6.07, 6.45) is 1.84. The number of thioether (sulfide) groups is 1. The lowest BCUT2D eigenvalue weighted by molar-refractivity contribution is 0.657. The lowest BCUT2D eigenvalue weighted by atomic mass is 10.0. The van der Waals surface area contributed by atoms with Crippen LogP contribution >= 0.6 is 27.7 Å². The Labute approximate surface area is 127 Å². The van der Waals surface area contributed by atoms with Gasteiger partial charge in [0.05, 0.1) is 5.03 Å². The van der Waals surface area contributed by atoms with Crippen molar-refractivity contribution >= 4 is 27.7 Å². The van der Waals surface area contributed by atoms with E-state index in [9.17, 15) is 0 Å². The largest absolute Gasteiger partial charge is 0.312 e. The van der Waals surface area contributed by atoms with Crippen LogP contribution in [0.1, 0.15) is 17.2 Å². The quantitative estimate of drug-likeness (QED) is 0.828. The Hall–Kier alpha value is -0.840. The molecule has 0 amide bonds. The molecule has 2 aromatic rings. The molecule has 0 aliphatic rings. The number of rotatable bonds is 5. The van der Waals surface area contributed by atoms with E-state index in [0.717, 1.165) is 15.3 Å². The van der Waals surface area contributed by atoms with E-state index in [2.05, 4.69) is 57.4 Å². The second-order valence-corrected chi connectivity index (χ2v) is 6.28. The molecule has 1 aromatic heterocycles. The zero-order valence-electron chi connectivity index (χ0n) is 11.1. The summed E-state index contributed by atoms with van der Waals surface area (Å²) in [7, 11) is 2.01. The van der Waals surface area contributed by atoms with E-state index in [-0.39, 0.29) is 0 Å². The molecule has 100 valence electrons. The van der Waals surface area contributed by atoms with Crippen molar-refractivity contribution < 1.29 is 0 Å². The number of aromatic nitrogens is 1. The molecule has 0 spiro atoms. The van der Waals surface area contributed by atoms with Crippen LogP contribution in [0.25, 0.3) is 0 Å². The number of hydrogen-bond acceptors (Lipinski definition) is 3. The highest BCUT2D eigenvalue weighted by Crippen LogP contribution is 2.25. The molecule has 1 atom stereocenters. The number of pyridine rings is 1. The van der Waals surface area contributed by atoms with E-state index in [1.54, 1.807) is 11.8 Å². The van der Waals surface area contributed by atoms with E-state index >= 15 is 0 Å². The summed E-state index contributed by atoms with van der Waals surface area (Å²) in [6, 6.07) is 12.9. The summed E-state index contributed by atoms with van der Waals surface area (Å²) in [5.74, 6) is 0.968. The molecule has 0 radical (unpaired) electrons. The molecule has 0 saturated carbocycles. The van der Waals surface area contributed by atoms with Crippen molar-refractivity contribution in [1.29, 1.82) is 0 Å². The summed E-state index contributed by atoms with van der Waals surface area (Å²) in [6.45, 7) is 2.15. The molecule has 4 heteroatoms. The van der Waals surface area contributed by atoms with Crippen molar-refractivity contribution in [3.8, 4) is 0 Å². The van der Waals surface area contributed by atoms with Crippen LogP contribution in [0, 0.1) is 6.92 Å². The van der Waals surface area contributed by atoms with Gasteiger partial charge < -0.3 is 5.32 Å². The first-order chi connectivity index (χ1) is 9.20. The fourth-order valence-electron chi connectivity index (χ4n) is 1.92. The predicted molar refractivity (Wildman–Crippen MR) is 85.6 cm³/mol. The molecule has 0 bridgehead atoms. The molecule has 1 unspecified atom stereocenters. The second kappa shape index (κ2) is 7.08. The number of benzene rings is 1. The van der Waals surface area contributed by atoms with Crippen LogP contribution in [0.4, 0.5) is 0 Å². The van der Waals surface area contributed by atoms with Gasteiger partial charge in [-0.15, -0.1) is 11.8 Å². The van der Waals surface area contributed by atoms with Gasteiger partial charge in [0.15, 0.2) is 0 Å². The topological polar surface area (TPSA) is 24.9 Å². The van der Waals surface area contributed by atoms with Gasteiger partial charge in [0.1, 0.15) is 0 Å². The first-order valence-electron chi connectivity index (χ1n) is 6.18. The van der Waals surface area contributed by atoms with Gasteiger partial charge in [-0.1, -0.05) is 24.3 Å². The molecule has 1 N–H and O–H groups in total. The third kappa shape index (κ3) is 4.06. The van der Waals surface area contributed by atoms with E-state index < -0.39 is 0 Å². The van der Waals surface area contributed by atoms with Gasteiger partial charge in [-0.25, -0.2) is 4.98 Å². The summed E-state index contributed by atoms with van der Waals surface area (Å²) < 4.78 is 1.01. The van der Waals surface area contributed by atoms with Crippen molar-refractivity contribution in [2.24, 2.45) is 0 Å². The Morgan fingerprint density at radius 3 is 2.68 bits per heavy atom.